The lowest BCUT2D eigenvalue weighted by Gasteiger charge is -2.59. The molecule has 3 saturated carbocycles. The molecule has 4 aliphatic carbocycles. The van der Waals surface area contributed by atoms with Crippen LogP contribution in [-0.2, 0) is 14.2 Å². The van der Waals surface area contributed by atoms with Crippen molar-refractivity contribution in [2.75, 3.05) is 13.2 Å². The number of hydrogen-bond acceptors (Lipinski definition) is 8. The Kier molecular flexibility index (Phi) is 7.27. The van der Waals surface area contributed by atoms with Crippen LogP contribution in [0.2, 0.25) is 0 Å². The van der Waals surface area contributed by atoms with E-state index < -0.39 is 37.3 Å². The SMILES string of the molecule is CC1CCC2(NC1)OC1CC3C4CC=C5C[C@@H](O[C@@H]6OC(CO)[C@@H](O)[C@H](O)C6O)CC[C@]5(C)C4CC[C@]3(C)C1[C@@H]2C. The van der Waals surface area contributed by atoms with Gasteiger partial charge in [0.2, 0.25) is 0 Å². The van der Waals surface area contributed by atoms with Gasteiger partial charge < -0.3 is 34.6 Å². The molecule has 7 rings (SSSR count). The number of allylic oxidation sites excluding steroid dienone is 1. The van der Waals surface area contributed by atoms with Crippen LogP contribution in [-0.4, -0.2) is 82.2 Å². The van der Waals surface area contributed by atoms with Crippen molar-refractivity contribution in [3.63, 3.8) is 0 Å². The molecular formula is C33H53NO7. The first kappa shape index (κ1) is 29.1. The number of rotatable bonds is 3. The highest BCUT2D eigenvalue weighted by Crippen LogP contribution is 2.70. The Labute approximate surface area is 245 Å². The predicted octanol–water partition coefficient (Wildman–Crippen LogP) is 3.11. The lowest BCUT2D eigenvalue weighted by molar-refractivity contribution is -0.313. The smallest absolute Gasteiger partial charge is 0.186 e. The first-order valence-corrected chi connectivity index (χ1v) is 16.6. The van der Waals surface area contributed by atoms with Gasteiger partial charge in [-0.05, 0) is 98.2 Å². The number of piperidine rings is 1. The van der Waals surface area contributed by atoms with Crippen LogP contribution in [0.3, 0.4) is 0 Å². The summed E-state index contributed by atoms with van der Waals surface area (Å²) in [6.45, 7) is 10.5. The maximum atomic E-state index is 10.5. The van der Waals surface area contributed by atoms with E-state index in [1.165, 1.54) is 31.3 Å². The number of hydrogen-bond donors (Lipinski definition) is 5. The average Bonchev–Trinajstić information content (AvgIpc) is 3.40. The average molecular weight is 576 g/mol. The summed E-state index contributed by atoms with van der Waals surface area (Å²) in [5.41, 5.74) is 1.86. The second-order valence-electron chi connectivity index (χ2n) is 15.6. The van der Waals surface area contributed by atoms with Gasteiger partial charge >= 0.3 is 0 Å². The van der Waals surface area contributed by atoms with E-state index in [0.717, 1.165) is 44.6 Å². The van der Waals surface area contributed by atoms with E-state index in [9.17, 15) is 20.4 Å². The fourth-order valence-corrected chi connectivity index (χ4v) is 11.3. The zero-order valence-corrected chi connectivity index (χ0v) is 25.4. The van der Waals surface area contributed by atoms with Crippen LogP contribution in [0.1, 0.15) is 85.5 Å². The monoisotopic (exact) mass is 575 g/mol. The Morgan fingerprint density at radius 3 is 2.54 bits per heavy atom. The summed E-state index contributed by atoms with van der Waals surface area (Å²) in [6.07, 6.45) is 6.64. The molecule has 0 aromatic heterocycles. The van der Waals surface area contributed by atoms with Crippen molar-refractivity contribution >= 4 is 0 Å². The maximum Gasteiger partial charge on any atom is 0.186 e. The number of aliphatic hydroxyl groups is 4. The van der Waals surface area contributed by atoms with Gasteiger partial charge in [-0.2, -0.15) is 0 Å². The van der Waals surface area contributed by atoms with Gasteiger partial charge in [0, 0.05) is 12.5 Å². The molecule has 0 aromatic rings. The third-order valence-electron chi connectivity index (χ3n) is 13.7. The summed E-state index contributed by atoms with van der Waals surface area (Å²) >= 11 is 0. The number of aliphatic hydroxyl groups excluding tert-OH is 4. The summed E-state index contributed by atoms with van der Waals surface area (Å²) in [4.78, 5) is 0. The molecule has 3 heterocycles. The Hall–Kier alpha value is -0.580. The van der Waals surface area contributed by atoms with E-state index in [-0.39, 0.29) is 17.2 Å². The van der Waals surface area contributed by atoms with Crippen LogP contribution in [0.5, 0.6) is 0 Å². The summed E-state index contributed by atoms with van der Waals surface area (Å²) in [5, 5.41) is 44.3. The number of fused-ring (bicyclic) bond motifs is 7. The third-order valence-corrected chi connectivity index (χ3v) is 13.7. The highest BCUT2D eigenvalue weighted by atomic mass is 16.7. The van der Waals surface area contributed by atoms with Gasteiger partial charge in [0.1, 0.15) is 30.1 Å². The maximum absolute atomic E-state index is 10.5. The Balaban J connectivity index is 1.05. The number of nitrogens with one attached hydrogen (secondary N) is 1. The second-order valence-corrected chi connectivity index (χ2v) is 15.6. The van der Waals surface area contributed by atoms with E-state index >= 15 is 0 Å². The molecule has 3 aliphatic heterocycles. The normalized spacial score (nSPS) is 58.3. The van der Waals surface area contributed by atoms with Crippen molar-refractivity contribution in [3.05, 3.63) is 11.6 Å². The molecule has 5 N–H and O–H groups in total. The van der Waals surface area contributed by atoms with E-state index in [1.54, 1.807) is 0 Å². The summed E-state index contributed by atoms with van der Waals surface area (Å²) < 4.78 is 18.9. The van der Waals surface area contributed by atoms with Crippen LogP contribution in [0, 0.1) is 46.3 Å². The lowest BCUT2D eigenvalue weighted by Crippen LogP contribution is -2.60. The van der Waals surface area contributed by atoms with Gasteiger partial charge in [0.05, 0.1) is 18.8 Å². The largest absolute Gasteiger partial charge is 0.394 e. The zero-order chi connectivity index (χ0) is 28.9. The topological polar surface area (TPSA) is 121 Å². The van der Waals surface area contributed by atoms with Crippen LogP contribution >= 0.6 is 0 Å². The lowest BCUT2D eigenvalue weighted by atomic mass is 9.47. The minimum Gasteiger partial charge on any atom is -0.394 e. The molecule has 0 amide bonds. The van der Waals surface area contributed by atoms with Crippen LogP contribution in [0.15, 0.2) is 11.6 Å². The van der Waals surface area contributed by atoms with Crippen molar-refractivity contribution in [1.82, 2.24) is 5.32 Å². The molecule has 9 unspecified atom stereocenters. The Bertz CT molecular complexity index is 1030. The van der Waals surface area contributed by atoms with Gasteiger partial charge in [0.25, 0.3) is 0 Å². The Morgan fingerprint density at radius 1 is 1.00 bits per heavy atom. The van der Waals surface area contributed by atoms with Gasteiger partial charge in [-0.25, -0.2) is 0 Å². The quantitative estimate of drug-likeness (QED) is 0.326. The molecule has 8 heteroatoms. The first-order chi connectivity index (χ1) is 19.5. The van der Waals surface area contributed by atoms with Gasteiger partial charge in [-0.15, -0.1) is 0 Å². The van der Waals surface area contributed by atoms with Crippen molar-refractivity contribution in [1.29, 1.82) is 0 Å². The zero-order valence-electron chi connectivity index (χ0n) is 25.4. The van der Waals surface area contributed by atoms with Gasteiger partial charge in [-0.1, -0.05) is 39.3 Å². The highest BCUT2D eigenvalue weighted by Gasteiger charge is 2.68. The van der Waals surface area contributed by atoms with Crippen molar-refractivity contribution in [2.24, 2.45) is 46.3 Å². The molecule has 0 radical (unpaired) electrons. The van der Waals surface area contributed by atoms with Crippen LogP contribution in [0.25, 0.3) is 0 Å². The minimum atomic E-state index is -1.41. The first-order valence-electron chi connectivity index (χ1n) is 16.6. The fraction of sp³-hybridized carbons (Fsp3) is 0.939. The molecule has 0 aromatic carbocycles. The van der Waals surface area contributed by atoms with Crippen molar-refractivity contribution in [3.8, 4) is 0 Å². The molecule has 7 aliphatic rings. The standard InChI is InChI=1S/C33H53NO7/c1-17-7-12-33(34-15-17)18(2)26-24(41-33)14-23-21-6-5-19-13-20(8-10-31(19,3)22(21)9-11-32(23,26)4)39-30-29(38)28(37)27(36)25(16-35)40-30/h5,17-18,20-30,34-38H,6-16H2,1-4H3/t17?,18-,20-,21?,22?,23?,24?,25?,26?,27+,28-,29?,30+,31-,32-,33?/m0/s1. The predicted molar refractivity (Wildman–Crippen MR) is 152 cm³/mol. The molecule has 41 heavy (non-hydrogen) atoms. The third kappa shape index (κ3) is 4.29. The molecule has 232 valence electrons. The van der Waals surface area contributed by atoms with E-state index in [0.29, 0.717) is 41.1 Å². The highest BCUT2D eigenvalue weighted by molar-refractivity contribution is 5.26. The molecule has 6 fully saturated rings. The van der Waals surface area contributed by atoms with Crippen LogP contribution < -0.4 is 5.32 Å². The van der Waals surface area contributed by atoms with E-state index in [2.05, 4.69) is 39.1 Å². The summed E-state index contributed by atoms with van der Waals surface area (Å²) in [5.74, 6) is 3.99. The molecule has 8 nitrogen and oxygen atoms in total. The van der Waals surface area contributed by atoms with Crippen LogP contribution in [0.4, 0.5) is 0 Å². The molecule has 0 bridgehead atoms. The van der Waals surface area contributed by atoms with E-state index in [1.807, 2.05) is 0 Å². The van der Waals surface area contributed by atoms with Crippen molar-refractivity contribution < 1.29 is 34.6 Å². The van der Waals surface area contributed by atoms with Gasteiger partial charge in [0.15, 0.2) is 6.29 Å². The van der Waals surface area contributed by atoms with E-state index in [4.69, 9.17) is 14.2 Å². The van der Waals surface area contributed by atoms with Crippen molar-refractivity contribution in [2.45, 2.75) is 134 Å². The molecule has 3 saturated heterocycles. The fourth-order valence-electron chi connectivity index (χ4n) is 11.3. The van der Waals surface area contributed by atoms with Gasteiger partial charge in [-0.3, -0.25) is 5.32 Å². The number of ether oxygens (including phenoxy) is 3. The molecular weight excluding hydrogens is 522 g/mol. The second kappa shape index (κ2) is 10.2. The Morgan fingerprint density at radius 2 is 1.80 bits per heavy atom. The summed E-state index contributed by atoms with van der Waals surface area (Å²) in [6, 6.07) is 0. The molecule has 16 atom stereocenters. The minimum absolute atomic E-state index is 0.113. The molecule has 1 spiro atoms. The summed E-state index contributed by atoms with van der Waals surface area (Å²) in [7, 11) is 0.